The van der Waals surface area contributed by atoms with Crippen molar-refractivity contribution in [2.45, 2.75) is 4.90 Å². The molecule has 2 aromatic carbocycles. The molecule has 0 aliphatic carbocycles. The third kappa shape index (κ3) is 3.30. The van der Waals surface area contributed by atoms with E-state index in [-0.39, 0.29) is 4.31 Å². The molecule has 23 heavy (non-hydrogen) atoms. The normalized spacial score (nSPS) is 11.5. The quantitative estimate of drug-likeness (QED) is 0.844. The molecule has 0 atom stereocenters. The van der Waals surface area contributed by atoms with Gasteiger partial charge in [0, 0.05) is 6.07 Å². The molecular formula is C14H11F4NO3S. The summed E-state index contributed by atoms with van der Waals surface area (Å²) < 4.78 is 79.6. The van der Waals surface area contributed by atoms with Crippen molar-refractivity contribution in [2.24, 2.45) is 0 Å². The van der Waals surface area contributed by atoms with Gasteiger partial charge in [-0.3, -0.25) is 4.31 Å². The largest absolute Gasteiger partial charge is 0.394 e. The number of rotatable bonds is 5. The number of hydrogen-bond donors (Lipinski definition) is 1. The van der Waals surface area contributed by atoms with Gasteiger partial charge in [0.05, 0.1) is 18.8 Å². The van der Waals surface area contributed by atoms with Crippen molar-refractivity contribution in [3.8, 4) is 0 Å². The second-order valence-corrected chi connectivity index (χ2v) is 6.25. The first-order valence-corrected chi connectivity index (χ1v) is 7.75. The number of aliphatic hydroxyl groups excluding tert-OH is 1. The van der Waals surface area contributed by atoms with Gasteiger partial charge in [0.15, 0.2) is 4.90 Å². The highest BCUT2D eigenvalue weighted by Crippen LogP contribution is 2.29. The fourth-order valence-electron chi connectivity index (χ4n) is 1.98. The van der Waals surface area contributed by atoms with Crippen LogP contribution in [0, 0.1) is 23.3 Å². The summed E-state index contributed by atoms with van der Waals surface area (Å²) in [6.45, 7) is -1.41. The maximum absolute atomic E-state index is 13.9. The predicted octanol–water partition coefficient (Wildman–Crippen LogP) is 2.43. The van der Waals surface area contributed by atoms with Crippen LogP contribution in [0.4, 0.5) is 23.2 Å². The second-order valence-electron chi connectivity index (χ2n) is 4.45. The first-order valence-electron chi connectivity index (χ1n) is 6.31. The number of aliphatic hydroxyl groups is 1. The van der Waals surface area contributed by atoms with E-state index in [1.165, 1.54) is 0 Å². The highest BCUT2D eigenvalue weighted by atomic mass is 32.2. The topological polar surface area (TPSA) is 57.6 Å². The molecule has 0 bridgehead atoms. The number of sulfonamides is 1. The summed E-state index contributed by atoms with van der Waals surface area (Å²) in [5.41, 5.74) is -0.636. The summed E-state index contributed by atoms with van der Waals surface area (Å²) in [4.78, 5) is -1.28. The van der Waals surface area contributed by atoms with Gasteiger partial charge in [0.1, 0.15) is 23.3 Å². The first-order chi connectivity index (χ1) is 10.8. The van der Waals surface area contributed by atoms with Crippen molar-refractivity contribution in [3.05, 3.63) is 59.7 Å². The third-order valence-corrected chi connectivity index (χ3v) is 4.81. The van der Waals surface area contributed by atoms with E-state index >= 15 is 0 Å². The molecule has 0 radical (unpaired) electrons. The molecule has 0 saturated carbocycles. The van der Waals surface area contributed by atoms with Crippen LogP contribution in [0.25, 0.3) is 0 Å². The minimum atomic E-state index is -4.85. The smallest absolute Gasteiger partial charge is 0.270 e. The lowest BCUT2D eigenvalue weighted by atomic mass is 10.3. The molecule has 0 saturated heterocycles. The van der Waals surface area contributed by atoms with Crippen molar-refractivity contribution in [1.29, 1.82) is 0 Å². The third-order valence-electron chi connectivity index (χ3n) is 2.95. The molecule has 2 aromatic rings. The number of hydrogen-bond acceptors (Lipinski definition) is 3. The molecule has 0 aliphatic rings. The van der Waals surface area contributed by atoms with Crippen LogP contribution in [0.5, 0.6) is 0 Å². The van der Waals surface area contributed by atoms with E-state index in [1.54, 1.807) is 0 Å². The molecule has 2 rings (SSSR count). The molecule has 0 spiro atoms. The molecule has 0 unspecified atom stereocenters. The molecule has 1 N–H and O–H groups in total. The van der Waals surface area contributed by atoms with E-state index in [0.29, 0.717) is 6.07 Å². The summed E-state index contributed by atoms with van der Waals surface area (Å²) in [7, 11) is -4.85. The van der Waals surface area contributed by atoms with Crippen LogP contribution < -0.4 is 4.31 Å². The fourth-order valence-corrected chi connectivity index (χ4v) is 3.56. The van der Waals surface area contributed by atoms with Crippen LogP contribution in [-0.2, 0) is 10.0 Å². The van der Waals surface area contributed by atoms with Gasteiger partial charge in [-0.2, -0.15) is 0 Å². The van der Waals surface area contributed by atoms with E-state index < -0.39 is 57.0 Å². The summed E-state index contributed by atoms with van der Waals surface area (Å²) in [5, 5.41) is 9.00. The molecule has 124 valence electrons. The lowest BCUT2D eigenvalue weighted by molar-refractivity contribution is 0.306. The highest BCUT2D eigenvalue weighted by Gasteiger charge is 2.32. The van der Waals surface area contributed by atoms with Crippen LogP contribution >= 0.6 is 0 Å². The van der Waals surface area contributed by atoms with Crippen molar-refractivity contribution in [2.75, 3.05) is 17.5 Å². The Morgan fingerprint density at radius 3 is 2.09 bits per heavy atom. The highest BCUT2D eigenvalue weighted by molar-refractivity contribution is 7.92. The van der Waals surface area contributed by atoms with Crippen molar-refractivity contribution < 1.29 is 31.1 Å². The van der Waals surface area contributed by atoms with Crippen LogP contribution in [0.3, 0.4) is 0 Å². The Bertz CT molecular complexity index is 807. The molecule has 0 heterocycles. The zero-order valence-corrected chi connectivity index (χ0v) is 12.3. The molecule has 0 amide bonds. The zero-order chi connectivity index (χ0) is 17.2. The minimum Gasteiger partial charge on any atom is -0.394 e. The minimum absolute atomic E-state index is 0.281. The lowest BCUT2D eigenvalue weighted by Gasteiger charge is -2.24. The second kappa shape index (κ2) is 6.55. The van der Waals surface area contributed by atoms with Gasteiger partial charge in [-0.15, -0.1) is 0 Å². The maximum Gasteiger partial charge on any atom is 0.270 e. The van der Waals surface area contributed by atoms with E-state index in [0.717, 1.165) is 30.3 Å². The zero-order valence-electron chi connectivity index (χ0n) is 11.5. The van der Waals surface area contributed by atoms with E-state index in [2.05, 4.69) is 0 Å². The molecule has 0 fully saturated rings. The Balaban J connectivity index is 2.65. The van der Waals surface area contributed by atoms with Gasteiger partial charge in [-0.1, -0.05) is 6.07 Å². The predicted molar refractivity (Wildman–Crippen MR) is 74.3 cm³/mol. The van der Waals surface area contributed by atoms with E-state index in [9.17, 15) is 26.0 Å². The Morgan fingerprint density at radius 1 is 0.957 bits per heavy atom. The first kappa shape index (κ1) is 17.2. The van der Waals surface area contributed by atoms with Gasteiger partial charge in [0.2, 0.25) is 0 Å². The summed E-state index contributed by atoms with van der Waals surface area (Å²) >= 11 is 0. The number of nitrogens with zero attached hydrogens (tertiary/aromatic N) is 1. The van der Waals surface area contributed by atoms with E-state index in [4.69, 9.17) is 5.11 Å². The van der Waals surface area contributed by atoms with Crippen LogP contribution in [0.15, 0.2) is 41.3 Å². The number of benzene rings is 2. The molecule has 0 aromatic heterocycles. The van der Waals surface area contributed by atoms with Gasteiger partial charge in [-0.25, -0.2) is 26.0 Å². The lowest BCUT2D eigenvalue weighted by Crippen LogP contribution is -2.35. The van der Waals surface area contributed by atoms with E-state index in [1.807, 2.05) is 0 Å². The average Bonchev–Trinajstić information content (AvgIpc) is 2.45. The van der Waals surface area contributed by atoms with Gasteiger partial charge >= 0.3 is 0 Å². The molecular weight excluding hydrogens is 338 g/mol. The Labute approximate surface area is 129 Å². The summed E-state index contributed by atoms with van der Waals surface area (Å²) in [5.74, 6) is -4.94. The number of halogens is 4. The van der Waals surface area contributed by atoms with Crippen molar-refractivity contribution in [1.82, 2.24) is 0 Å². The summed E-state index contributed by atoms with van der Waals surface area (Å²) in [6.07, 6.45) is 0. The van der Waals surface area contributed by atoms with Gasteiger partial charge < -0.3 is 5.11 Å². The molecule has 0 aliphatic heterocycles. The van der Waals surface area contributed by atoms with Crippen molar-refractivity contribution in [3.63, 3.8) is 0 Å². The fraction of sp³-hybridized carbons (Fsp3) is 0.143. The Morgan fingerprint density at radius 2 is 1.57 bits per heavy atom. The van der Waals surface area contributed by atoms with Crippen molar-refractivity contribution >= 4 is 15.7 Å². The van der Waals surface area contributed by atoms with Crippen LogP contribution in [-0.4, -0.2) is 26.7 Å². The van der Waals surface area contributed by atoms with Crippen LogP contribution in [0.1, 0.15) is 0 Å². The maximum atomic E-state index is 13.9. The standard InChI is InChI=1S/C14H11F4NO3S/c15-9-4-5-13(12(18)8-9)19(6-7-20)23(21,22)14-10(16)2-1-3-11(14)17/h1-5,8,20H,6-7H2. The van der Waals surface area contributed by atoms with Gasteiger partial charge in [-0.05, 0) is 24.3 Å². The SMILES string of the molecule is O=S(=O)(c1c(F)cccc1F)N(CCO)c1ccc(F)cc1F. The summed E-state index contributed by atoms with van der Waals surface area (Å²) in [6, 6.07) is 4.44. The average molecular weight is 349 g/mol. The Hall–Kier alpha value is -2.13. The number of anilines is 1. The van der Waals surface area contributed by atoms with Crippen LogP contribution in [0.2, 0.25) is 0 Å². The Kier molecular flexibility index (Phi) is 4.90. The monoisotopic (exact) mass is 349 g/mol. The molecule has 4 nitrogen and oxygen atoms in total. The molecule has 9 heteroatoms. The van der Waals surface area contributed by atoms with Gasteiger partial charge in [0.25, 0.3) is 10.0 Å².